The van der Waals surface area contributed by atoms with Crippen LogP contribution in [0.1, 0.15) is 11.1 Å². The fourth-order valence-electron chi connectivity index (χ4n) is 2.63. The van der Waals surface area contributed by atoms with Gasteiger partial charge in [0.15, 0.2) is 0 Å². The normalized spacial score (nSPS) is 12.1. The lowest BCUT2D eigenvalue weighted by Gasteiger charge is -2.09. The van der Waals surface area contributed by atoms with Crippen molar-refractivity contribution in [2.24, 2.45) is 5.73 Å². The van der Waals surface area contributed by atoms with Crippen LogP contribution in [0.4, 0.5) is 0 Å². The number of carbonyl (C=O) groups is 1. The number of rotatable bonds is 6. The Bertz CT molecular complexity index is 827. The smallest absolute Gasteiger partial charge is 0.322 e. The third-order valence-electron chi connectivity index (χ3n) is 3.93. The average molecular weight is 324 g/mol. The summed E-state index contributed by atoms with van der Waals surface area (Å²) >= 11 is 0. The molecule has 0 radical (unpaired) electrons. The van der Waals surface area contributed by atoms with Gasteiger partial charge < -0.3 is 20.2 Å². The monoisotopic (exact) mass is 324 g/mol. The van der Waals surface area contributed by atoms with Crippen LogP contribution in [0, 0.1) is 0 Å². The van der Waals surface area contributed by atoms with Gasteiger partial charge in [0, 0.05) is 23.5 Å². The number of nitrogens with two attached hydrogens (primary N) is 1. The largest absolute Gasteiger partial charge is 0.489 e. The molecule has 24 heavy (non-hydrogen) atoms. The van der Waals surface area contributed by atoms with Gasteiger partial charge in [0.1, 0.15) is 18.4 Å². The zero-order valence-electron chi connectivity index (χ0n) is 13.5. The summed E-state index contributed by atoms with van der Waals surface area (Å²) in [6, 6.07) is 15.2. The van der Waals surface area contributed by atoms with E-state index < -0.39 is 12.0 Å². The van der Waals surface area contributed by atoms with E-state index in [1.807, 2.05) is 54.7 Å². The minimum atomic E-state index is -0.678. The van der Waals surface area contributed by atoms with Crippen molar-refractivity contribution in [3.05, 3.63) is 65.9 Å². The summed E-state index contributed by atoms with van der Waals surface area (Å²) in [6.45, 7) is 0.508. The number of hydrogen-bond donors (Lipinski definition) is 2. The summed E-state index contributed by atoms with van der Waals surface area (Å²) < 4.78 is 10.5. The Kier molecular flexibility index (Phi) is 4.82. The molecule has 1 heterocycles. The second-order valence-corrected chi connectivity index (χ2v) is 5.63. The first-order valence-electron chi connectivity index (χ1n) is 7.77. The number of nitrogens with one attached hydrogen (secondary N) is 1. The number of H-pyrrole nitrogens is 1. The quantitative estimate of drug-likeness (QED) is 0.684. The predicted molar refractivity (Wildman–Crippen MR) is 92.8 cm³/mol. The van der Waals surface area contributed by atoms with Crippen molar-refractivity contribution in [1.82, 2.24) is 4.98 Å². The van der Waals surface area contributed by atoms with Crippen molar-refractivity contribution in [3.8, 4) is 5.75 Å². The number of ether oxygens (including phenoxy) is 2. The molecule has 0 spiro atoms. The Morgan fingerprint density at radius 3 is 2.75 bits per heavy atom. The zero-order valence-corrected chi connectivity index (χ0v) is 13.5. The van der Waals surface area contributed by atoms with Gasteiger partial charge in [-0.2, -0.15) is 0 Å². The third-order valence-corrected chi connectivity index (χ3v) is 3.93. The summed E-state index contributed by atoms with van der Waals surface area (Å²) in [5, 5.41) is 1.000. The third kappa shape index (κ3) is 3.58. The molecular weight excluding hydrogens is 304 g/mol. The molecule has 5 nitrogen and oxygen atoms in total. The number of carbonyl (C=O) groups excluding carboxylic acids is 1. The summed E-state index contributed by atoms with van der Waals surface area (Å²) in [4.78, 5) is 14.7. The fraction of sp³-hybridized carbons (Fsp3) is 0.211. The van der Waals surface area contributed by atoms with Crippen LogP contribution in [-0.4, -0.2) is 24.1 Å². The van der Waals surface area contributed by atoms with Crippen LogP contribution in [0.2, 0.25) is 0 Å². The molecule has 2 aromatic carbocycles. The molecule has 1 atom stereocenters. The summed E-state index contributed by atoms with van der Waals surface area (Å²) in [5.41, 5.74) is 8.92. The molecule has 0 aliphatic rings. The summed E-state index contributed by atoms with van der Waals surface area (Å²) in [7, 11) is 1.34. The maximum atomic E-state index is 11.5. The fourth-order valence-corrected chi connectivity index (χ4v) is 2.63. The predicted octanol–water partition coefficient (Wildman–Crippen LogP) is 2.79. The highest BCUT2D eigenvalue weighted by Gasteiger charge is 2.16. The first kappa shape index (κ1) is 16.1. The van der Waals surface area contributed by atoms with Gasteiger partial charge in [-0.3, -0.25) is 4.79 Å². The second kappa shape index (κ2) is 7.19. The zero-order chi connectivity index (χ0) is 16.9. The lowest BCUT2D eigenvalue weighted by Crippen LogP contribution is -2.33. The van der Waals surface area contributed by atoms with E-state index in [2.05, 4.69) is 9.72 Å². The number of aromatic amines is 1. The molecule has 0 unspecified atom stereocenters. The maximum absolute atomic E-state index is 11.5. The molecule has 0 saturated heterocycles. The molecule has 0 bridgehead atoms. The van der Waals surface area contributed by atoms with Crippen LogP contribution in [0.5, 0.6) is 5.75 Å². The van der Waals surface area contributed by atoms with Gasteiger partial charge >= 0.3 is 5.97 Å². The minimum absolute atomic E-state index is 0.412. The molecule has 124 valence electrons. The van der Waals surface area contributed by atoms with E-state index in [0.717, 1.165) is 27.8 Å². The Morgan fingerprint density at radius 1 is 1.21 bits per heavy atom. The van der Waals surface area contributed by atoms with Crippen molar-refractivity contribution in [2.75, 3.05) is 7.11 Å². The highest BCUT2D eigenvalue weighted by molar-refractivity contribution is 5.85. The number of benzene rings is 2. The summed E-state index contributed by atoms with van der Waals surface area (Å²) in [5.74, 6) is 0.361. The highest BCUT2D eigenvalue weighted by atomic mass is 16.5. The van der Waals surface area contributed by atoms with E-state index in [1.54, 1.807) is 0 Å². The molecule has 0 saturated carbocycles. The average Bonchev–Trinajstić information content (AvgIpc) is 3.02. The first-order chi connectivity index (χ1) is 11.7. The summed E-state index contributed by atoms with van der Waals surface area (Å²) in [6.07, 6.45) is 2.28. The number of methoxy groups -OCH3 is 1. The van der Waals surface area contributed by atoms with Crippen molar-refractivity contribution in [3.63, 3.8) is 0 Å². The molecule has 5 heteroatoms. The minimum Gasteiger partial charge on any atom is -0.489 e. The van der Waals surface area contributed by atoms with Gasteiger partial charge in [-0.25, -0.2) is 0 Å². The van der Waals surface area contributed by atoms with E-state index >= 15 is 0 Å². The van der Waals surface area contributed by atoms with E-state index in [-0.39, 0.29) is 0 Å². The Labute approximate surface area is 140 Å². The van der Waals surface area contributed by atoms with Crippen LogP contribution < -0.4 is 10.5 Å². The molecule has 3 aromatic rings. The molecule has 0 fully saturated rings. The maximum Gasteiger partial charge on any atom is 0.322 e. The number of aromatic nitrogens is 1. The topological polar surface area (TPSA) is 77.3 Å². The molecule has 0 amide bonds. The van der Waals surface area contributed by atoms with Crippen molar-refractivity contribution in [1.29, 1.82) is 0 Å². The Morgan fingerprint density at radius 2 is 2.00 bits per heavy atom. The van der Waals surface area contributed by atoms with E-state index in [0.29, 0.717) is 13.0 Å². The lowest BCUT2D eigenvalue weighted by molar-refractivity contribution is -0.142. The first-order valence-corrected chi connectivity index (χ1v) is 7.77. The van der Waals surface area contributed by atoms with Gasteiger partial charge in [-0.05, 0) is 29.3 Å². The highest BCUT2D eigenvalue weighted by Crippen LogP contribution is 2.25. The molecular formula is C19H20N2O3. The van der Waals surface area contributed by atoms with Crippen LogP contribution in [-0.2, 0) is 22.6 Å². The van der Waals surface area contributed by atoms with Crippen molar-refractivity contribution in [2.45, 2.75) is 19.1 Å². The Balaban J connectivity index is 1.77. The lowest BCUT2D eigenvalue weighted by atomic mass is 10.1. The van der Waals surface area contributed by atoms with Crippen LogP contribution in [0.15, 0.2) is 54.7 Å². The molecule has 3 rings (SSSR count). The molecule has 0 aliphatic carbocycles. The molecule has 3 N–H and O–H groups in total. The van der Waals surface area contributed by atoms with Crippen molar-refractivity contribution < 1.29 is 14.3 Å². The van der Waals surface area contributed by atoms with Gasteiger partial charge in [-0.15, -0.1) is 0 Å². The van der Waals surface area contributed by atoms with E-state index in [9.17, 15) is 4.79 Å². The number of fused-ring (bicyclic) bond motifs is 1. The standard InChI is InChI=1S/C19H20N2O3/c1-23-19(22)17(20)9-14-11-21-18-8-7-15(10-16(14)18)24-12-13-5-3-2-4-6-13/h2-8,10-11,17,21H,9,12,20H2,1H3/t17-/m1/s1. The van der Waals surface area contributed by atoms with Gasteiger partial charge in [-0.1, -0.05) is 30.3 Å². The number of hydrogen-bond acceptors (Lipinski definition) is 4. The Hall–Kier alpha value is -2.79. The van der Waals surface area contributed by atoms with Crippen molar-refractivity contribution >= 4 is 16.9 Å². The molecule has 1 aromatic heterocycles. The van der Waals surface area contributed by atoms with Gasteiger partial charge in [0.05, 0.1) is 7.11 Å². The van der Waals surface area contributed by atoms with E-state index in [1.165, 1.54) is 7.11 Å². The van der Waals surface area contributed by atoms with Crippen LogP contribution >= 0.6 is 0 Å². The van der Waals surface area contributed by atoms with E-state index in [4.69, 9.17) is 10.5 Å². The second-order valence-electron chi connectivity index (χ2n) is 5.63. The number of esters is 1. The van der Waals surface area contributed by atoms with Gasteiger partial charge in [0.2, 0.25) is 0 Å². The molecule has 0 aliphatic heterocycles. The SMILES string of the molecule is COC(=O)[C@H](N)Cc1c[nH]c2ccc(OCc3ccccc3)cc12. The van der Waals surface area contributed by atoms with Crippen LogP contribution in [0.25, 0.3) is 10.9 Å². The van der Waals surface area contributed by atoms with Crippen LogP contribution in [0.3, 0.4) is 0 Å². The van der Waals surface area contributed by atoms with Gasteiger partial charge in [0.25, 0.3) is 0 Å².